The highest BCUT2D eigenvalue weighted by Gasteiger charge is 2.14. The van der Waals surface area contributed by atoms with E-state index in [0.29, 0.717) is 44.3 Å². The Hall–Kier alpha value is -2.74. The minimum Gasteiger partial charge on any atom is -0.491 e. The van der Waals surface area contributed by atoms with Crippen LogP contribution in [-0.2, 0) is 24.1 Å². The number of hydrogen-bond acceptors (Lipinski definition) is 6. The van der Waals surface area contributed by atoms with Crippen LogP contribution in [0.1, 0.15) is 52.3 Å². The van der Waals surface area contributed by atoms with E-state index in [9.17, 15) is 4.79 Å². The van der Waals surface area contributed by atoms with Crippen molar-refractivity contribution in [2.24, 2.45) is 5.92 Å². The number of hydrogen-bond donors (Lipinski definition) is 1. The Balaban J connectivity index is 1.49. The molecule has 1 aromatic heterocycles. The van der Waals surface area contributed by atoms with Crippen LogP contribution in [0, 0.1) is 5.92 Å². The number of thiazole rings is 1. The van der Waals surface area contributed by atoms with Crippen LogP contribution in [0.3, 0.4) is 0 Å². The van der Waals surface area contributed by atoms with Crippen molar-refractivity contribution in [1.29, 1.82) is 0 Å². The van der Waals surface area contributed by atoms with Crippen molar-refractivity contribution in [2.75, 3.05) is 39.5 Å². The van der Waals surface area contributed by atoms with Crippen LogP contribution in [0.4, 0.5) is 0 Å². The lowest BCUT2D eigenvalue weighted by Crippen LogP contribution is -2.29. The summed E-state index contributed by atoms with van der Waals surface area (Å²) in [5.41, 5.74) is 4.17. The first-order chi connectivity index (χ1) is 17.6. The highest BCUT2D eigenvalue weighted by atomic mass is 32.1. The Morgan fingerprint density at radius 3 is 2.86 bits per heavy atom. The molecular formula is C29H37N3O3S. The highest BCUT2D eigenvalue weighted by Crippen LogP contribution is 2.25. The van der Waals surface area contributed by atoms with Gasteiger partial charge in [0.15, 0.2) is 0 Å². The summed E-state index contributed by atoms with van der Waals surface area (Å²) in [6.07, 6.45) is 4.40. The molecule has 0 unspecified atom stereocenters. The Bertz CT molecular complexity index is 1100. The van der Waals surface area contributed by atoms with Crippen LogP contribution in [0.15, 0.2) is 54.0 Å². The lowest BCUT2D eigenvalue weighted by atomic mass is 9.99. The molecule has 1 aliphatic rings. The van der Waals surface area contributed by atoms with Crippen molar-refractivity contribution in [2.45, 2.75) is 39.7 Å². The summed E-state index contributed by atoms with van der Waals surface area (Å²) in [4.78, 5) is 19.6. The molecule has 0 saturated carbocycles. The SMILES string of the molecule is CC(C)CCN1CCOCCOc2ccc(C(=O)NCCc3nccs3)cc2Cc2cccc(c2)C1. The molecule has 2 bridgehead atoms. The van der Waals surface area contributed by atoms with Crippen molar-refractivity contribution >= 4 is 17.2 Å². The molecule has 192 valence electrons. The molecule has 0 saturated heterocycles. The van der Waals surface area contributed by atoms with Gasteiger partial charge in [0.25, 0.3) is 5.91 Å². The molecule has 0 atom stereocenters. The summed E-state index contributed by atoms with van der Waals surface area (Å²) in [6.45, 7) is 9.70. The number of fused-ring (bicyclic) bond motifs is 3. The quantitative estimate of drug-likeness (QED) is 0.490. The summed E-state index contributed by atoms with van der Waals surface area (Å²) in [5.74, 6) is 1.40. The van der Waals surface area contributed by atoms with Crippen LogP contribution in [0.25, 0.3) is 0 Å². The molecule has 4 rings (SSSR count). The Kier molecular flexibility index (Phi) is 9.90. The number of aromatic nitrogens is 1. The van der Waals surface area contributed by atoms with Gasteiger partial charge in [-0.15, -0.1) is 11.3 Å². The third kappa shape index (κ3) is 8.15. The zero-order valence-electron chi connectivity index (χ0n) is 21.4. The number of nitrogens with one attached hydrogen (secondary N) is 1. The van der Waals surface area contributed by atoms with Gasteiger partial charge in [0.2, 0.25) is 0 Å². The number of rotatable bonds is 7. The topological polar surface area (TPSA) is 63.7 Å². The molecule has 0 radical (unpaired) electrons. The van der Waals surface area contributed by atoms with E-state index in [0.717, 1.165) is 42.4 Å². The first kappa shape index (κ1) is 26.3. The highest BCUT2D eigenvalue weighted by molar-refractivity contribution is 7.09. The van der Waals surface area contributed by atoms with Crippen LogP contribution in [0.5, 0.6) is 5.75 Å². The number of amides is 1. The summed E-state index contributed by atoms with van der Waals surface area (Å²) >= 11 is 1.61. The van der Waals surface area contributed by atoms with Gasteiger partial charge in [-0.25, -0.2) is 4.98 Å². The maximum Gasteiger partial charge on any atom is 0.251 e. The van der Waals surface area contributed by atoms with Gasteiger partial charge in [-0.1, -0.05) is 38.1 Å². The van der Waals surface area contributed by atoms with Gasteiger partial charge in [-0.3, -0.25) is 9.69 Å². The fourth-order valence-electron chi connectivity index (χ4n) is 4.29. The second-order valence-corrected chi connectivity index (χ2v) is 10.6. The molecule has 2 aromatic carbocycles. The van der Waals surface area contributed by atoms with Gasteiger partial charge in [0, 0.05) is 49.6 Å². The third-order valence-electron chi connectivity index (χ3n) is 6.28. The molecule has 7 heteroatoms. The first-order valence-electron chi connectivity index (χ1n) is 12.9. The van der Waals surface area contributed by atoms with Gasteiger partial charge >= 0.3 is 0 Å². The maximum atomic E-state index is 12.8. The summed E-state index contributed by atoms with van der Waals surface area (Å²) in [7, 11) is 0. The summed E-state index contributed by atoms with van der Waals surface area (Å²) in [5, 5.41) is 6.00. The second-order valence-electron chi connectivity index (χ2n) is 9.67. The number of benzene rings is 2. The van der Waals surface area contributed by atoms with Gasteiger partial charge in [-0.2, -0.15) is 0 Å². The van der Waals surface area contributed by atoms with Gasteiger partial charge in [-0.05, 0) is 53.8 Å². The second kappa shape index (κ2) is 13.5. The zero-order valence-corrected chi connectivity index (χ0v) is 22.2. The largest absolute Gasteiger partial charge is 0.491 e. The normalized spacial score (nSPS) is 15.1. The van der Waals surface area contributed by atoms with E-state index in [1.165, 1.54) is 17.5 Å². The van der Waals surface area contributed by atoms with Crippen molar-refractivity contribution in [3.8, 4) is 5.75 Å². The molecule has 1 aliphatic heterocycles. The van der Waals surface area contributed by atoms with Crippen molar-refractivity contribution in [1.82, 2.24) is 15.2 Å². The average molecular weight is 508 g/mol. The van der Waals surface area contributed by atoms with Gasteiger partial charge < -0.3 is 14.8 Å². The molecule has 3 aromatic rings. The molecule has 2 heterocycles. The first-order valence-corrected chi connectivity index (χ1v) is 13.7. The minimum atomic E-state index is -0.0772. The molecule has 1 amide bonds. The zero-order chi connectivity index (χ0) is 25.2. The van der Waals surface area contributed by atoms with E-state index in [1.807, 2.05) is 23.6 Å². The van der Waals surface area contributed by atoms with Gasteiger partial charge in [0.1, 0.15) is 12.4 Å². The summed E-state index contributed by atoms with van der Waals surface area (Å²) < 4.78 is 12.0. The standard InChI is InChI=1S/C29H37N3O3S/c1-22(2)9-12-32-13-14-34-15-16-35-27-7-6-25(29(33)31-10-8-28-30-11-17-36-28)20-26(27)19-23-4-3-5-24(18-23)21-32/h3-7,11,17-18,20,22H,8-10,12-16,19,21H2,1-2H3,(H,31,33). The molecule has 36 heavy (non-hydrogen) atoms. The third-order valence-corrected chi connectivity index (χ3v) is 7.12. The number of carbonyl (C=O) groups is 1. The lowest BCUT2D eigenvalue weighted by Gasteiger charge is -2.24. The van der Waals surface area contributed by atoms with E-state index in [-0.39, 0.29) is 5.91 Å². The van der Waals surface area contributed by atoms with E-state index in [1.54, 1.807) is 17.5 Å². The number of carbonyl (C=O) groups excluding carboxylic acids is 1. The maximum absolute atomic E-state index is 12.8. The van der Waals surface area contributed by atoms with Crippen molar-refractivity contribution < 1.29 is 14.3 Å². The Morgan fingerprint density at radius 1 is 1.14 bits per heavy atom. The van der Waals surface area contributed by atoms with E-state index >= 15 is 0 Å². The monoisotopic (exact) mass is 507 g/mol. The van der Waals surface area contributed by atoms with Crippen molar-refractivity contribution in [3.05, 3.63) is 81.3 Å². The molecule has 6 nitrogen and oxygen atoms in total. The van der Waals surface area contributed by atoms with E-state index < -0.39 is 0 Å². The Labute approximate surface area is 218 Å². The van der Waals surface area contributed by atoms with Crippen molar-refractivity contribution in [3.63, 3.8) is 0 Å². The van der Waals surface area contributed by atoms with Crippen LogP contribution in [-0.4, -0.2) is 55.2 Å². The number of ether oxygens (including phenoxy) is 2. The van der Waals surface area contributed by atoms with E-state index in [2.05, 4.69) is 53.3 Å². The smallest absolute Gasteiger partial charge is 0.251 e. The lowest BCUT2D eigenvalue weighted by molar-refractivity contribution is 0.0764. The molecule has 1 N–H and O–H groups in total. The fourth-order valence-corrected chi connectivity index (χ4v) is 4.91. The number of nitrogens with zero attached hydrogens (tertiary/aromatic N) is 2. The summed E-state index contributed by atoms with van der Waals surface area (Å²) in [6, 6.07) is 14.5. The van der Waals surface area contributed by atoms with Crippen LogP contribution >= 0.6 is 11.3 Å². The van der Waals surface area contributed by atoms with Gasteiger partial charge in [0.05, 0.1) is 18.2 Å². The fraction of sp³-hybridized carbons (Fsp3) is 0.448. The van der Waals surface area contributed by atoms with E-state index in [4.69, 9.17) is 9.47 Å². The average Bonchev–Trinajstić information content (AvgIpc) is 3.38. The van der Waals surface area contributed by atoms with Crippen LogP contribution in [0.2, 0.25) is 0 Å². The van der Waals surface area contributed by atoms with Crippen LogP contribution < -0.4 is 10.1 Å². The predicted octanol–water partition coefficient (Wildman–Crippen LogP) is 4.96. The Morgan fingerprint density at radius 2 is 2.03 bits per heavy atom. The minimum absolute atomic E-state index is 0.0772. The molecular weight excluding hydrogens is 470 g/mol. The molecule has 0 spiro atoms. The molecule has 0 aliphatic carbocycles. The predicted molar refractivity (Wildman–Crippen MR) is 145 cm³/mol. The molecule has 0 fully saturated rings.